The Labute approximate surface area is 118 Å². The number of carbonyl (C=O) groups is 1. The van der Waals surface area contributed by atoms with E-state index in [-0.39, 0.29) is 23.3 Å². The smallest absolute Gasteiger partial charge is 0.255 e. The molecule has 2 rings (SSSR count). The van der Waals surface area contributed by atoms with Gasteiger partial charge in [-0.25, -0.2) is 0 Å². The Kier molecular flexibility index (Phi) is 3.94. The van der Waals surface area contributed by atoms with Crippen molar-refractivity contribution in [3.63, 3.8) is 0 Å². The van der Waals surface area contributed by atoms with Gasteiger partial charge in [0.25, 0.3) is 5.91 Å². The molecule has 0 aliphatic carbocycles. The summed E-state index contributed by atoms with van der Waals surface area (Å²) >= 11 is 0. The summed E-state index contributed by atoms with van der Waals surface area (Å²) in [5.41, 5.74) is 8.49. The topological polar surface area (TPSA) is 75.3 Å². The van der Waals surface area contributed by atoms with Crippen LogP contribution in [0.3, 0.4) is 0 Å². The molecule has 0 saturated carbocycles. The molecule has 0 heterocycles. The van der Waals surface area contributed by atoms with Crippen LogP contribution >= 0.6 is 0 Å². The normalized spacial score (nSPS) is 11.9. The van der Waals surface area contributed by atoms with Crippen LogP contribution in [0.2, 0.25) is 0 Å². The first-order valence-electron chi connectivity index (χ1n) is 6.43. The van der Waals surface area contributed by atoms with Gasteiger partial charge in [0.15, 0.2) is 0 Å². The lowest BCUT2D eigenvalue weighted by atomic mass is 10.1. The van der Waals surface area contributed by atoms with Gasteiger partial charge in [0.05, 0.1) is 11.6 Å². The SMILES string of the molecule is Cc1ccc(O)c(C(=O)NC(C)c2ccc(N)cc2)c1. The molecule has 1 atom stereocenters. The van der Waals surface area contributed by atoms with Gasteiger partial charge in [0.1, 0.15) is 5.75 Å². The largest absolute Gasteiger partial charge is 0.507 e. The first-order valence-corrected chi connectivity index (χ1v) is 6.43. The summed E-state index contributed by atoms with van der Waals surface area (Å²) in [5.74, 6) is -0.312. The Bertz CT molecular complexity index is 621. The van der Waals surface area contributed by atoms with Gasteiger partial charge in [0.2, 0.25) is 0 Å². The molecule has 0 fully saturated rings. The maximum atomic E-state index is 12.2. The molecule has 0 saturated heterocycles. The molecule has 104 valence electrons. The van der Waals surface area contributed by atoms with Crippen molar-refractivity contribution in [3.8, 4) is 5.75 Å². The van der Waals surface area contributed by atoms with E-state index in [1.54, 1.807) is 24.3 Å². The lowest BCUT2D eigenvalue weighted by Gasteiger charge is -2.15. The summed E-state index contributed by atoms with van der Waals surface area (Å²) < 4.78 is 0. The second-order valence-electron chi connectivity index (χ2n) is 4.88. The van der Waals surface area contributed by atoms with Crippen molar-refractivity contribution < 1.29 is 9.90 Å². The minimum Gasteiger partial charge on any atom is -0.507 e. The number of nitrogen functional groups attached to an aromatic ring is 1. The van der Waals surface area contributed by atoms with Crippen LogP contribution in [0.4, 0.5) is 5.69 Å². The number of benzene rings is 2. The standard InChI is InChI=1S/C16H18N2O2/c1-10-3-8-15(19)14(9-10)16(20)18-11(2)12-4-6-13(17)7-5-12/h3-9,11,19H,17H2,1-2H3,(H,18,20). The molecule has 0 aromatic heterocycles. The van der Waals surface area contributed by atoms with Gasteiger partial charge in [-0.15, -0.1) is 0 Å². The number of hydrogen-bond donors (Lipinski definition) is 3. The number of nitrogens with one attached hydrogen (secondary N) is 1. The Morgan fingerprint density at radius 1 is 1.20 bits per heavy atom. The van der Waals surface area contributed by atoms with E-state index < -0.39 is 0 Å². The van der Waals surface area contributed by atoms with Gasteiger partial charge < -0.3 is 16.2 Å². The summed E-state index contributed by atoms with van der Waals surface area (Å²) in [6, 6.07) is 12.1. The monoisotopic (exact) mass is 270 g/mol. The molecule has 0 spiro atoms. The maximum Gasteiger partial charge on any atom is 0.255 e. The van der Waals surface area contributed by atoms with E-state index in [2.05, 4.69) is 5.32 Å². The molecule has 4 nitrogen and oxygen atoms in total. The van der Waals surface area contributed by atoms with Crippen molar-refractivity contribution in [1.82, 2.24) is 5.32 Å². The Morgan fingerprint density at radius 2 is 1.85 bits per heavy atom. The van der Waals surface area contributed by atoms with Crippen LogP contribution < -0.4 is 11.1 Å². The molecule has 4 N–H and O–H groups in total. The van der Waals surface area contributed by atoms with Crippen molar-refractivity contribution in [2.24, 2.45) is 0 Å². The fourth-order valence-electron chi connectivity index (χ4n) is 1.97. The highest BCUT2D eigenvalue weighted by molar-refractivity contribution is 5.97. The van der Waals surface area contributed by atoms with E-state index in [4.69, 9.17) is 5.73 Å². The number of rotatable bonds is 3. The third kappa shape index (κ3) is 3.09. The Morgan fingerprint density at radius 3 is 2.50 bits per heavy atom. The van der Waals surface area contributed by atoms with Gasteiger partial charge in [-0.3, -0.25) is 4.79 Å². The van der Waals surface area contributed by atoms with E-state index in [1.807, 2.05) is 26.0 Å². The van der Waals surface area contributed by atoms with Crippen molar-refractivity contribution in [1.29, 1.82) is 0 Å². The third-order valence-corrected chi connectivity index (χ3v) is 3.18. The molecule has 0 aliphatic rings. The van der Waals surface area contributed by atoms with Crippen LogP contribution in [0.15, 0.2) is 42.5 Å². The van der Waals surface area contributed by atoms with E-state index in [0.29, 0.717) is 5.69 Å². The van der Waals surface area contributed by atoms with Crippen LogP contribution in [0.1, 0.15) is 34.5 Å². The zero-order valence-electron chi connectivity index (χ0n) is 11.6. The number of nitrogens with two attached hydrogens (primary N) is 1. The molecule has 0 bridgehead atoms. The van der Waals surface area contributed by atoms with Gasteiger partial charge in [0, 0.05) is 5.69 Å². The summed E-state index contributed by atoms with van der Waals surface area (Å²) in [6.45, 7) is 3.76. The number of anilines is 1. The molecule has 0 radical (unpaired) electrons. The quantitative estimate of drug-likeness (QED) is 0.751. The highest BCUT2D eigenvalue weighted by Crippen LogP contribution is 2.20. The number of phenols is 1. The van der Waals surface area contributed by atoms with E-state index in [0.717, 1.165) is 11.1 Å². The molecule has 2 aromatic carbocycles. The predicted octanol–water partition coefficient (Wildman–Crippen LogP) is 2.77. The number of phenolic OH excluding ortho intramolecular Hbond substituents is 1. The zero-order chi connectivity index (χ0) is 14.7. The second kappa shape index (κ2) is 5.65. The number of carbonyl (C=O) groups excluding carboxylic acids is 1. The lowest BCUT2D eigenvalue weighted by molar-refractivity contribution is 0.0937. The van der Waals surface area contributed by atoms with Gasteiger partial charge >= 0.3 is 0 Å². The molecule has 1 unspecified atom stereocenters. The third-order valence-electron chi connectivity index (χ3n) is 3.18. The van der Waals surface area contributed by atoms with E-state index in [1.165, 1.54) is 6.07 Å². The highest BCUT2D eigenvalue weighted by Gasteiger charge is 2.14. The second-order valence-corrected chi connectivity index (χ2v) is 4.88. The molecular formula is C16H18N2O2. The average molecular weight is 270 g/mol. The van der Waals surface area contributed by atoms with Crippen molar-refractivity contribution >= 4 is 11.6 Å². The van der Waals surface area contributed by atoms with Crippen molar-refractivity contribution in [2.45, 2.75) is 19.9 Å². The number of aromatic hydroxyl groups is 1. The molecular weight excluding hydrogens is 252 g/mol. The Balaban J connectivity index is 2.15. The lowest BCUT2D eigenvalue weighted by Crippen LogP contribution is -2.26. The molecule has 0 aliphatic heterocycles. The first kappa shape index (κ1) is 13.9. The molecule has 4 heteroatoms. The fraction of sp³-hybridized carbons (Fsp3) is 0.188. The van der Waals surface area contributed by atoms with E-state index in [9.17, 15) is 9.90 Å². The Hall–Kier alpha value is -2.49. The maximum absolute atomic E-state index is 12.2. The van der Waals surface area contributed by atoms with Crippen LogP contribution in [0.5, 0.6) is 5.75 Å². The predicted molar refractivity (Wildman–Crippen MR) is 79.6 cm³/mol. The van der Waals surface area contributed by atoms with E-state index >= 15 is 0 Å². The summed E-state index contributed by atoms with van der Waals surface area (Å²) in [7, 11) is 0. The molecule has 2 aromatic rings. The van der Waals surface area contributed by atoms with Crippen LogP contribution in [-0.4, -0.2) is 11.0 Å². The van der Waals surface area contributed by atoms with Crippen molar-refractivity contribution in [2.75, 3.05) is 5.73 Å². The van der Waals surface area contributed by atoms with Gasteiger partial charge in [-0.05, 0) is 43.7 Å². The van der Waals surface area contributed by atoms with Gasteiger partial charge in [-0.2, -0.15) is 0 Å². The first-order chi connectivity index (χ1) is 9.47. The number of aryl methyl sites for hydroxylation is 1. The fourth-order valence-corrected chi connectivity index (χ4v) is 1.97. The zero-order valence-corrected chi connectivity index (χ0v) is 11.6. The summed E-state index contributed by atoms with van der Waals surface area (Å²) in [6.07, 6.45) is 0. The minimum absolute atomic E-state index is 0.0161. The summed E-state index contributed by atoms with van der Waals surface area (Å²) in [5, 5.41) is 12.6. The summed E-state index contributed by atoms with van der Waals surface area (Å²) in [4.78, 5) is 12.2. The minimum atomic E-state index is -0.296. The van der Waals surface area contributed by atoms with Gasteiger partial charge in [-0.1, -0.05) is 23.8 Å². The van der Waals surface area contributed by atoms with Crippen LogP contribution in [0, 0.1) is 6.92 Å². The number of hydrogen-bond acceptors (Lipinski definition) is 3. The van der Waals surface area contributed by atoms with Crippen molar-refractivity contribution in [3.05, 3.63) is 59.2 Å². The average Bonchev–Trinajstić information content (AvgIpc) is 2.42. The highest BCUT2D eigenvalue weighted by atomic mass is 16.3. The van der Waals surface area contributed by atoms with Crippen LogP contribution in [-0.2, 0) is 0 Å². The molecule has 20 heavy (non-hydrogen) atoms. The molecule has 1 amide bonds. The number of amides is 1. The van der Waals surface area contributed by atoms with Crippen LogP contribution in [0.25, 0.3) is 0 Å².